The van der Waals surface area contributed by atoms with E-state index >= 15 is 0 Å². The first-order valence-electron chi connectivity index (χ1n) is 7.49. The zero-order valence-corrected chi connectivity index (χ0v) is 13.1. The van der Waals surface area contributed by atoms with Gasteiger partial charge < -0.3 is 20.9 Å². The summed E-state index contributed by atoms with van der Waals surface area (Å²) in [7, 11) is 0. The van der Waals surface area contributed by atoms with Crippen molar-refractivity contribution in [3.8, 4) is 5.75 Å². The number of carbonyl (C=O) groups excluding carboxylic acids is 2. The van der Waals surface area contributed by atoms with Crippen LogP contribution in [-0.2, 0) is 9.59 Å². The Morgan fingerprint density at radius 2 is 2.09 bits per heavy atom. The van der Waals surface area contributed by atoms with Crippen molar-refractivity contribution in [1.29, 1.82) is 0 Å². The molecule has 0 saturated carbocycles. The number of carboxylic acid groups (broad SMARTS) is 1. The number of hydrogen-bond acceptors (Lipinski definition) is 4. The average Bonchev–Trinajstić information content (AvgIpc) is 2.51. The molecule has 0 aliphatic heterocycles. The summed E-state index contributed by atoms with van der Waals surface area (Å²) in [5, 5.41) is 11.5. The van der Waals surface area contributed by atoms with Crippen molar-refractivity contribution in [3.63, 3.8) is 0 Å². The largest absolute Gasteiger partial charge is 0.493 e. The van der Waals surface area contributed by atoms with E-state index in [1.807, 2.05) is 6.92 Å². The van der Waals surface area contributed by atoms with Crippen LogP contribution < -0.4 is 15.8 Å². The number of carbonyl (C=O) groups is 3. The Bertz CT molecular complexity index is 559. The molecule has 0 aliphatic rings. The molecule has 1 atom stereocenters. The molecule has 0 heterocycles. The minimum absolute atomic E-state index is 0.0245. The molecule has 7 heteroatoms. The molecule has 0 saturated heterocycles. The van der Waals surface area contributed by atoms with Gasteiger partial charge >= 0.3 is 5.97 Å². The predicted molar refractivity (Wildman–Crippen MR) is 84.2 cm³/mol. The number of aliphatic carboxylic acids is 1. The maximum atomic E-state index is 11.8. The number of hydrogen-bond donors (Lipinski definition) is 3. The van der Waals surface area contributed by atoms with Gasteiger partial charge in [0.1, 0.15) is 11.8 Å². The lowest BCUT2D eigenvalue weighted by molar-refractivity contribution is -0.142. The fraction of sp³-hybridized carbons (Fsp3) is 0.438. The second-order valence-electron chi connectivity index (χ2n) is 5.09. The van der Waals surface area contributed by atoms with Crippen molar-refractivity contribution in [2.75, 3.05) is 6.61 Å². The first kappa shape index (κ1) is 18.5. The van der Waals surface area contributed by atoms with E-state index in [2.05, 4.69) is 5.32 Å². The summed E-state index contributed by atoms with van der Waals surface area (Å²) in [6, 6.07) is 5.45. The summed E-state index contributed by atoms with van der Waals surface area (Å²) in [6.07, 6.45) is 2.02. The normalized spacial score (nSPS) is 11.5. The highest BCUT2D eigenvalue weighted by atomic mass is 16.5. The van der Waals surface area contributed by atoms with Crippen molar-refractivity contribution in [2.24, 2.45) is 5.73 Å². The zero-order chi connectivity index (χ0) is 17.2. The van der Waals surface area contributed by atoms with Crippen LogP contribution >= 0.6 is 0 Å². The van der Waals surface area contributed by atoms with E-state index in [-0.39, 0.29) is 18.9 Å². The van der Waals surface area contributed by atoms with Gasteiger partial charge in [0.05, 0.1) is 13.0 Å². The number of carboxylic acids is 1. The van der Waals surface area contributed by atoms with Gasteiger partial charge in [0.2, 0.25) is 11.8 Å². The standard InChI is InChI=1S/C16H22N2O5/c1-2-3-7-13(16(21)22)18-14(19)8-9-23-12-6-4-5-11(10-12)15(17)20/h4-6,10,13H,2-3,7-9H2,1H3,(H2,17,20)(H,18,19)(H,21,22)/t13-/m0/s1. The van der Waals surface area contributed by atoms with E-state index in [4.69, 9.17) is 15.6 Å². The summed E-state index contributed by atoms with van der Waals surface area (Å²) >= 11 is 0. The zero-order valence-electron chi connectivity index (χ0n) is 13.1. The molecule has 0 radical (unpaired) electrons. The highest BCUT2D eigenvalue weighted by Gasteiger charge is 2.18. The van der Waals surface area contributed by atoms with Gasteiger partial charge in [-0.05, 0) is 24.6 Å². The molecule has 0 aliphatic carbocycles. The lowest BCUT2D eigenvalue weighted by Crippen LogP contribution is -2.41. The van der Waals surface area contributed by atoms with Gasteiger partial charge in [-0.25, -0.2) is 4.79 Å². The van der Waals surface area contributed by atoms with Gasteiger partial charge in [0, 0.05) is 5.56 Å². The number of unbranched alkanes of at least 4 members (excludes halogenated alkanes) is 1. The van der Waals surface area contributed by atoms with Crippen LogP contribution in [0.15, 0.2) is 24.3 Å². The molecule has 0 fully saturated rings. The average molecular weight is 322 g/mol. The van der Waals surface area contributed by atoms with Crippen LogP contribution in [-0.4, -0.2) is 35.5 Å². The minimum Gasteiger partial charge on any atom is -0.493 e. The Morgan fingerprint density at radius 1 is 1.35 bits per heavy atom. The third-order valence-electron chi connectivity index (χ3n) is 3.20. The third kappa shape index (κ3) is 6.82. The summed E-state index contributed by atoms with van der Waals surface area (Å²) in [6.45, 7) is 2.03. The van der Waals surface area contributed by atoms with Gasteiger partial charge in [-0.2, -0.15) is 0 Å². The maximum Gasteiger partial charge on any atom is 0.326 e. The maximum absolute atomic E-state index is 11.8. The first-order chi connectivity index (χ1) is 10.9. The highest BCUT2D eigenvalue weighted by molar-refractivity contribution is 5.93. The van der Waals surface area contributed by atoms with Gasteiger partial charge in [-0.1, -0.05) is 25.8 Å². The topological polar surface area (TPSA) is 119 Å². The number of ether oxygens (including phenoxy) is 1. The Labute approximate surface area is 134 Å². The fourth-order valence-electron chi connectivity index (χ4n) is 1.93. The predicted octanol–water partition coefficient (Wildman–Crippen LogP) is 1.31. The number of amides is 2. The van der Waals surface area contributed by atoms with Crippen LogP contribution in [0.1, 0.15) is 43.0 Å². The molecule has 0 unspecified atom stereocenters. The van der Waals surface area contributed by atoms with Crippen molar-refractivity contribution >= 4 is 17.8 Å². The van der Waals surface area contributed by atoms with Crippen LogP contribution in [0.2, 0.25) is 0 Å². The van der Waals surface area contributed by atoms with Crippen LogP contribution in [0, 0.1) is 0 Å². The van der Waals surface area contributed by atoms with Crippen LogP contribution in [0.5, 0.6) is 5.75 Å². The minimum atomic E-state index is -1.04. The molecule has 1 rings (SSSR count). The third-order valence-corrected chi connectivity index (χ3v) is 3.20. The molecule has 4 N–H and O–H groups in total. The smallest absolute Gasteiger partial charge is 0.326 e. The number of nitrogens with one attached hydrogen (secondary N) is 1. The monoisotopic (exact) mass is 322 g/mol. The van der Waals surface area contributed by atoms with E-state index in [9.17, 15) is 14.4 Å². The molecule has 1 aromatic carbocycles. The second kappa shape index (κ2) is 9.45. The first-order valence-corrected chi connectivity index (χ1v) is 7.49. The highest BCUT2D eigenvalue weighted by Crippen LogP contribution is 2.13. The molecular weight excluding hydrogens is 300 g/mol. The quantitative estimate of drug-likeness (QED) is 0.600. The number of benzene rings is 1. The van der Waals surface area contributed by atoms with E-state index in [1.54, 1.807) is 18.2 Å². The molecular formula is C16H22N2O5. The number of nitrogens with two attached hydrogens (primary N) is 1. The van der Waals surface area contributed by atoms with Gasteiger partial charge in [-0.15, -0.1) is 0 Å². The lowest BCUT2D eigenvalue weighted by Gasteiger charge is -2.14. The molecule has 23 heavy (non-hydrogen) atoms. The summed E-state index contributed by atoms with van der Waals surface area (Å²) in [5.41, 5.74) is 5.49. The number of primary amides is 1. The van der Waals surface area contributed by atoms with Crippen molar-refractivity contribution in [1.82, 2.24) is 5.32 Å². The van der Waals surface area contributed by atoms with Crippen molar-refractivity contribution in [3.05, 3.63) is 29.8 Å². The molecule has 2 amide bonds. The molecule has 7 nitrogen and oxygen atoms in total. The summed E-state index contributed by atoms with van der Waals surface area (Å²) in [4.78, 5) is 33.9. The van der Waals surface area contributed by atoms with E-state index in [1.165, 1.54) is 6.07 Å². The van der Waals surface area contributed by atoms with E-state index in [0.717, 1.165) is 12.8 Å². The Kier molecular flexibility index (Phi) is 7.59. The van der Waals surface area contributed by atoms with Gasteiger partial charge in [0.15, 0.2) is 0 Å². The van der Waals surface area contributed by atoms with E-state index < -0.39 is 17.9 Å². The molecule has 0 spiro atoms. The Morgan fingerprint density at radius 3 is 2.70 bits per heavy atom. The van der Waals surface area contributed by atoms with Crippen molar-refractivity contribution in [2.45, 2.75) is 38.6 Å². The number of rotatable bonds is 10. The van der Waals surface area contributed by atoms with Crippen LogP contribution in [0.25, 0.3) is 0 Å². The van der Waals surface area contributed by atoms with Crippen LogP contribution in [0.4, 0.5) is 0 Å². The fourth-order valence-corrected chi connectivity index (χ4v) is 1.93. The van der Waals surface area contributed by atoms with Crippen LogP contribution in [0.3, 0.4) is 0 Å². The summed E-state index contributed by atoms with van der Waals surface area (Å²) < 4.78 is 5.37. The van der Waals surface area contributed by atoms with E-state index in [0.29, 0.717) is 17.7 Å². The molecule has 1 aromatic rings. The van der Waals surface area contributed by atoms with Gasteiger partial charge in [-0.3, -0.25) is 9.59 Å². The molecule has 0 aromatic heterocycles. The van der Waals surface area contributed by atoms with Crippen molar-refractivity contribution < 1.29 is 24.2 Å². The lowest BCUT2D eigenvalue weighted by atomic mass is 10.1. The summed E-state index contributed by atoms with van der Waals surface area (Å²) in [5.74, 6) is -1.57. The molecule has 0 bridgehead atoms. The Hall–Kier alpha value is -2.57. The Balaban J connectivity index is 2.42. The SMILES string of the molecule is CCCC[C@H](NC(=O)CCOc1cccc(C(N)=O)c1)C(=O)O. The molecule has 126 valence electrons. The van der Waals surface area contributed by atoms with Gasteiger partial charge in [0.25, 0.3) is 0 Å². The second-order valence-corrected chi connectivity index (χ2v) is 5.09.